The van der Waals surface area contributed by atoms with E-state index in [2.05, 4.69) is 24.3 Å². The van der Waals surface area contributed by atoms with Crippen LogP contribution in [-0.4, -0.2) is 24.1 Å². The predicted octanol–water partition coefficient (Wildman–Crippen LogP) is 6.35. The van der Waals surface area contributed by atoms with E-state index in [4.69, 9.17) is 9.47 Å². The van der Waals surface area contributed by atoms with Crippen molar-refractivity contribution in [3.63, 3.8) is 0 Å². The van der Waals surface area contributed by atoms with Crippen LogP contribution >= 0.6 is 0 Å². The second kappa shape index (κ2) is 8.80. The molecule has 4 aromatic carbocycles. The fourth-order valence-corrected chi connectivity index (χ4v) is 5.77. The summed E-state index contributed by atoms with van der Waals surface area (Å²) < 4.78 is 12.5. The summed E-state index contributed by atoms with van der Waals surface area (Å²) in [5, 5.41) is 0. The van der Waals surface area contributed by atoms with Gasteiger partial charge in [0.25, 0.3) is 0 Å². The lowest BCUT2D eigenvalue weighted by Crippen LogP contribution is -2.51. The predicted molar refractivity (Wildman–Crippen MR) is 137 cm³/mol. The van der Waals surface area contributed by atoms with Crippen LogP contribution in [0, 0.1) is 13.8 Å². The van der Waals surface area contributed by atoms with Crippen molar-refractivity contribution in [3.8, 4) is 0 Å². The Kier molecular flexibility index (Phi) is 5.45. The molecule has 36 heavy (non-hydrogen) atoms. The first-order chi connectivity index (χ1) is 17.5. The zero-order valence-electron chi connectivity index (χ0n) is 20.2. The minimum absolute atomic E-state index is 0.230. The molecule has 3 aliphatic carbocycles. The van der Waals surface area contributed by atoms with Crippen molar-refractivity contribution >= 4 is 11.9 Å². The highest BCUT2D eigenvalue weighted by molar-refractivity contribution is 5.91. The lowest BCUT2D eigenvalue weighted by atomic mass is 9.61. The minimum atomic E-state index is -0.651. The zero-order chi connectivity index (χ0) is 24.8. The van der Waals surface area contributed by atoms with Gasteiger partial charge >= 0.3 is 11.9 Å². The Balaban J connectivity index is 1.45. The van der Waals surface area contributed by atoms with Crippen molar-refractivity contribution in [2.45, 2.75) is 37.9 Å². The average Bonchev–Trinajstić information content (AvgIpc) is 2.89. The van der Waals surface area contributed by atoms with Crippen LogP contribution in [-0.2, 0) is 9.47 Å². The van der Waals surface area contributed by atoms with Crippen LogP contribution in [0.15, 0.2) is 97.1 Å². The molecule has 0 N–H and O–H groups in total. The number of hydrogen-bond donors (Lipinski definition) is 0. The monoisotopic (exact) mass is 474 g/mol. The molecule has 2 unspecified atom stereocenters. The Hall–Kier alpha value is -4.18. The molecule has 7 rings (SSSR count). The van der Waals surface area contributed by atoms with Crippen LogP contribution in [0.3, 0.4) is 0 Å². The fourth-order valence-electron chi connectivity index (χ4n) is 5.77. The molecular weight excluding hydrogens is 448 g/mol. The first-order valence-electron chi connectivity index (χ1n) is 12.2. The number of esters is 2. The fraction of sp³-hybridized carbons (Fsp3) is 0.188. The van der Waals surface area contributed by atoms with Crippen LogP contribution in [0.2, 0.25) is 0 Å². The summed E-state index contributed by atoms with van der Waals surface area (Å²) >= 11 is 0. The van der Waals surface area contributed by atoms with Crippen molar-refractivity contribution in [1.82, 2.24) is 0 Å². The molecule has 0 saturated carbocycles. The lowest BCUT2D eigenvalue weighted by molar-refractivity contribution is -0.0557. The number of hydrogen-bond acceptors (Lipinski definition) is 4. The van der Waals surface area contributed by atoms with E-state index in [1.165, 1.54) is 0 Å². The molecule has 0 heterocycles. The Labute approximate surface area is 210 Å². The van der Waals surface area contributed by atoms with Gasteiger partial charge < -0.3 is 9.47 Å². The number of carbonyl (C=O) groups excluding carboxylic acids is 2. The van der Waals surface area contributed by atoms with E-state index < -0.39 is 24.1 Å². The molecule has 0 spiro atoms. The van der Waals surface area contributed by atoms with Crippen LogP contribution in [0.1, 0.15) is 65.9 Å². The number of benzene rings is 4. The van der Waals surface area contributed by atoms with Gasteiger partial charge in [-0.05, 0) is 60.4 Å². The number of carbonyl (C=O) groups is 2. The summed E-state index contributed by atoms with van der Waals surface area (Å²) in [6.07, 6.45) is -1.30. The van der Waals surface area contributed by atoms with Gasteiger partial charge in [-0.25, -0.2) is 9.59 Å². The van der Waals surface area contributed by atoms with Gasteiger partial charge in [-0.1, -0.05) is 83.9 Å². The minimum Gasteiger partial charge on any atom is -0.454 e. The maximum Gasteiger partial charge on any atom is 0.338 e. The Morgan fingerprint density at radius 1 is 0.528 bits per heavy atom. The van der Waals surface area contributed by atoms with Gasteiger partial charge in [0.15, 0.2) is 12.2 Å². The van der Waals surface area contributed by atoms with Gasteiger partial charge in [0.2, 0.25) is 0 Å². The van der Waals surface area contributed by atoms with E-state index in [0.717, 1.165) is 33.4 Å². The first kappa shape index (κ1) is 22.3. The molecule has 0 fully saturated rings. The summed E-state index contributed by atoms with van der Waals surface area (Å²) in [7, 11) is 0. The third-order valence-corrected chi connectivity index (χ3v) is 7.31. The van der Waals surface area contributed by atoms with E-state index in [1.807, 2.05) is 74.5 Å². The molecule has 4 nitrogen and oxygen atoms in total. The van der Waals surface area contributed by atoms with Gasteiger partial charge in [0.1, 0.15) is 0 Å². The highest BCUT2D eigenvalue weighted by Crippen LogP contribution is 2.54. The van der Waals surface area contributed by atoms with Crippen LogP contribution in [0.4, 0.5) is 0 Å². The van der Waals surface area contributed by atoms with Crippen molar-refractivity contribution < 1.29 is 19.1 Å². The Bertz CT molecular complexity index is 1330. The van der Waals surface area contributed by atoms with Crippen LogP contribution < -0.4 is 0 Å². The van der Waals surface area contributed by atoms with Crippen molar-refractivity contribution in [2.24, 2.45) is 0 Å². The maximum absolute atomic E-state index is 13.3. The van der Waals surface area contributed by atoms with Crippen molar-refractivity contribution in [3.05, 3.63) is 142 Å². The molecule has 4 heteroatoms. The second-order valence-corrected chi connectivity index (χ2v) is 9.69. The molecule has 2 bridgehead atoms. The normalized spacial score (nSPS) is 21.3. The first-order valence-corrected chi connectivity index (χ1v) is 12.2. The van der Waals surface area contributed by atoms with E-state index in [0.29, 0.717) is 11.1 Å². The molecule has 178 valence electrons. The summed E-state index contributed by atoms with van der Waals surface area (Å²) in [6.45, 7) is 3.89. The molecule has 0 radical (unpaired) electrons. The molecule has 0 amide bonds. The lowest BCUT2D eigenvalue weighted by Gasteiger charge is -2.49. The zero-order valence-corrected chi connectivity index (χ0v) is 20.2. The van der Waals surface area contributed by atoms with Crippen molar-refractivity contribution in [2.75, 3.05) is 0 Å². The number of aryl methyl sites for hydroxylation is 2. The molecule has 0 aromatic heterocycles. The van der Waals surface area contributed by atoms with E-state index >= 15 is 0 Å². The van der Waals surface area contributed by atoms with Gasteiger partial charge in [0, 0.05) is 0 Å². The topological polar surface area (TPSA) is 52.6 Å². The largest absolute Gasteiger partial charge is 0.454 e. The number of rotatable bonds is 4. The van der Waals surface area contributed by atoms with E-state index in [-0.39, 0.29) is 11.8 Å². The summed E-state index contributed by atoms with van der Waals surface area (Å²) in [6, 6.07) is 31.1. The van der Waals surface area contributed by atoms with E-state index in [9.17, 15) is 9.59 Å². The highest BCUT2D eigenvalue weighted by Gasteiger charge is 2.53. The van der Waals surface area contributed by atoms with Gasteiger partial charge in [0.05, 0.1) is 23.0 Å². The molecule has 0 saturated heterocycles. The Morgan fingerprint density at radius 3 is 1.22 bits per heavy atom. The summed E-state index contributed by atoms with van der Waals surface area (Å²) in [5.74, 6) is -1.29. The molecule has 3 aliphatic rings. The van der Waals surface area contributed by atoms with Crippen molar-refractivity contribution in [1.29, 1.82) is 0 Å². The third-order valence-electron chi connectivity index (χ3n) is 7.31. The number of ether oxygens (including phenoxy) is 2. The van der Waals surface area contributed by atoms with Gasteiger partial charge in [-0.15, -0.1) is 0 Å². The Morgan fingerprint density at radius 2 is 0.889 bits per heavy atom. The molecule has 4 aromatic rings. The average molecular weight is 475 g/mol. The third kappa shape index (κ3) is 3.70. The van der Waals surface area contributed by atoms with Gasteiger partial charge in [-0.2, -0.15) is 0 Å². The van der Waals surface area contributed by atoms with Gasteiger partial charge in [-0.3, -0.25) is 0 Å². The molecular formula is C32H26O4. The van der Waals surface area contributed by atoms with E-state index in [1.54, 1.807) is 12.1 Å². The SMILES string of the molecule is Cc1cccc(C(=O)OC2C(OC(=O)c3cccc(C)c3)[C@H]3c4ccccc4[C@H]2c2ccccc23)c1. The molecule has 0 aliphatic heterocycles. The standard InChI is InChI=1S/C32H26O4/c1-19-9-7-11-21(17-19)31(33)35-29-27-23-13-3-5-15-25(23)28(26-16-6-4-14-24(26)27)30(29)36-32(34)22-12-8-10-20(2)18-22/h3-18,27-30H,1-2H3/t27-,28-,29?,30?. The highest BCUT2D eigenvalue weighted by atomic mass is 16.6. The summed E-state index contributed by atoms with van der Waals surface area (Å²) in [5.41, 5.74) is 7.40. The summed E-state index contributed by atoms with van der Waals surface area (Å²) in [4.78, 5) is 26.7. The quantitative estimate of drug-likeness (QED) is 0.324. The maximum atomic E-state index is 13.3. The number of fused-ring (bicyclic) bond motifs is 1. The second-order valence-electron chi connectivity index (χ2n) is 9.69. The molecule has 2 atom stereocenters. The smallest absolute Gasteiger partial charge is 0.338 e. The van der Waals surface area contributed by atoms with Crippen LogP contribution in [0.5, 0.6) is 0 Å². The van der Waals surface area contributed by atoms with Crippen LogP contribution in [0.25, 0.3) is 0 Å².